The molecule has 5 aliphatic rings. The number of nitrogens with zero attached hydrogens (tertiary/aromatic N) is 2. The molecule has 8 aromatic carbocycles. The molecule has 60 heavy (non-hydrogen) atoms. The van der Waals surface area contributed by atoms with E-state index in [-0.39, 0.29) is 5.41 Å². The van der Waals surface area contributed by atoms with Crippen molar-refractivity contribution in [3.05, 3.63) is 205 Å². The van der Waals surface area contributed by atoms with Crippen LogP contribution in [-0.4, -0.2) is 4.57 Å². The molecule has 2 nitrogen and oxygen atoms in total. The quantitative estimate of drug-likeness (QED) is 0.163. The summed E-state index contributed by atoms with van der Waals surface area (Å²) in [5.41, 5.74) is 18.3. The summed E-state index contributed by atoms with van der Waals surface area (Å²) >= 11 is 0. The number of fused-ring (bicyclic) bond motifs is 6. The Morgan fingerprint density at radius 3 is 1.78 bits per heavy atom. The van der Waals surface area contributed by atoms with E-state index in [4.69, 9.17) is 0 Å². The molecule has 1 aromatic heterocycles. The second kappa shape index (κ2) is 13.2. The van der Waals surface area contributed by atoms with Gasteiger partial charge in [0.15, 0.2) is 0 Å². The molecule has 4 saturated carbocycles. The van der Waals surface area contributed by atoms with Crippen molar-refractivity contribution in [2.45, 2.75) is 37.5 Å². The van der Waals surface area contributed by atoms with Crippen molar-refractivity contribution in [2.75, 3.05) is 4.90 Å². The van der Waals surface area contributed by atoms with Crippen molar-refractivity contribution >= 4 is 38.9 Å². The van der Waals surface area contributed by atoms with Gasteiger partial charge in [-0.1, -0.05) is 133 Å². The van der Waals surface area contributed by atoms with E-state index in [0.717, 1.165) is 40.7 Å². The molecule has 2 heteroatoms. The van der Waals surface area contributed by atoms with Crippen molar-refractivity contribution in [1.29, 1.82) is 0 Å². The molecule has 9 aromatic rings. The average Bonchev–Trinajstić information content (AvgIpc) is 3.79. The van der Waals surface area contributed by atoms with E-state index in [2.05, 4.69) is 204 Å². The largest absolute Gasteiger partial charge is 0.310 e. The maximum atomic E-state index is 2.55. The molecular weight excluding hydrogens is 725 g/mol. The van der Waals surface area contributed by atoms with Crippen molar-refractivity contribution in [3.8, 4) is 39.1 Å². The molecule has 0 radical (unpaired) electrons. The average molecular weight is 771 g/mol. The Bertz CT molecular complexity index is 3070. The molecule has 0 unspecified atom stereocenters. The van der Waals surface area contributed by atoms with Gasteiger partial charge in [-0.25, -0.2) is 0 Å². The van der Waals surface area contributed by atoms with E-state index >= 15 is 0 Å². The smallest absolute Gasteiger partial charge is 0.0542 e. The molecule has 5 aliphatic carbocycles. The predicted molar refractivity (Wildman–Crippen MR) is 250 cm³/mol. The monoisotopic (exact) mass is 770 g/mol. The Balaban J connectivity index is 0.944. The lowest BCUT2D eigenvalue weighted by atomic mass is 9.43. The molecule has 4 bridgehead atoms. The van der Waals surface area contributed by atoms with Crippen LogP contribution in [0.1, 0.15) is 43.2 Å². The standard InChI is InChI=1S/C58H46N2/c1-3-13-41(14-4-1)48-17-8-11-21-55(48)59(47-28-30-57-52(37-47)50-19-9-12-22-56(50)60(57)45-15-5-2-6-16-45)46-26-23-40(24-27-46)42-25-29-54-51(36-42)49-18-7-10-20-53(49)58(54)43-32-38-31-39(34-43)35-44(58)33-38/h1-30,36-39,43-44H,31-35H2. The van der Waals surface area contributed by atoms with Gasteiger partial charge in [-0.05, 0) is 155 Å². The van der Waals surface area contributed by atoms with E-state index in [0.29, 0.717) is 0 Å². The lowest BCUT2D eigenvalue weighted by Gasteiger charge is -2.61. The van der Waals surface area contributed by atoms with Crippen LogP contribution in [0, 0.1) is 23.7 Å². The number of anilines is 3. The van der Waals surface area contributed by atoms with Crippen LogP contribution in [0.15, 0.2) is 194 Å². The van der Waals surface area contributed by atoms with E-state index in [1.807, 2.05) is 0 Å². The van der Waals surface area contributed by atoms with Gasteiger partial charge in [0.05, 0.1) is 16.7 Å². The third-order valence-corrected chi connectivity index (χ3v) is 15.2. The molecule has 1 spiro atoms. The number of para-hydroxylation sites is 3. The van der Waals surface area contributed by atoms with Crippen LogP contribution < -0.4 is 4.90 Å². The van der Waals surface area contributed by atoms with Crippen LogP contribution >= 0.6 is 0 Å². The molecule has 0 N–H and O–H groups in total. The molecule has 14 rings (SSSR count). The highest BCUT2D eigenvalue weighted by molar-refractivity contribution is 6.11. The Morgan fingerprint density at radius 2 is 1.00 bits per heavy atom. The molecule has 0 amide bonds. The van der Waals surface area contributed by atoms with E-state index < -0.39 is 0 Å². The lowest BCUT2D eigenvalue weighted by molar-refractivity contribution is -0.0399. The van der Waals surface area contributed by atoms with E-state index in [1.165, 1.54) is 93.0 Å². The zero-order chi connectivity index (χ0) is 39.4. The van der Waals surface area contributed by atoms with Crippen LogP contribution in [0.4, 0.5) is 17.1 Å². The van der Waals surface area contributed by atoms with Gasteiger partial charge in [0.25, 0.3) is 0 Å². The van der Waals surface area contributed by atoms with Crippen LogP contribution in [0.2, 0.25) is 0 Å². The predicted octanol–water partition coefficient (Wildman–Crippen LogP) is 15.3. The fourth-order valence-corrected chi connectivity index (χ4v) is 13.1. The molecule has 1 heterocycles. The minimum Gasteiger partial charge on any atom is -0.310 e. The summed E-state index contributed by atoms with van der Waals surface area (Å²) in [6, 6.07) is 72.5. The summed E-state index contributed by atoms with van der Waals surface area (Å²) in [5.74, 6) is 3.45. The second-order valence-electron chi connectivity index (χ2n) is 18.1. The van der Waals surface area contributed by atoms with Crippen molar-refractivity contribution in [2.24, 2.45) is 23.7 Å². The fourth-order valence-electron chi connectivity index (χ4n) is 13.1. The summed E-state index contributed by atoms with van der Waals surface area (Å²) in [4.78, 5) is 2.45. The highest BCUT2D eigenvalue weighted by atomic mass is 15.1. The SMILES string of the molecule is c1ccc(-c2ccccc2N(c2ccc(-c3ccc4c(c3)-c3ccccc3C43C4CC5CC(C4)CC3C5)cc2)c2ccc3c(c2)c2ccccc2n3-c2ccccc2)cc1. The van der Waals surface area contributed by atoms with Gasteiger partial charge in [0.2, 0.25) is 0 Å². The topological polar surface area (TPSA) is 8.17 Å². The Morgan fingerprint density at radius 1 is 0.400 bits per heavy atom. The van der Waals surface area contributed by atoms with Crippen molar-refractivity contribution < 1.29 is 0 Å². The van der Waals surface area contributed by atoms with Gasteiger partial charge in [-0.3, -0.25) is 0 Å². The van der Waals surface area contributed by atoms with E-state index in [9.17, 15) is 0 Å². The molecule has 4 fully saturated rings. The van der Waals surface area contributed by atoms with Crippen LogP contribution in [0.25, 0.3) is 60.9 Å². The first-order valence-electron chi connectivity index (χ1n) is 22.1. The zero-order valence-electron chi connectivity index (χ0n) is 33.7. The minimum absolute atomic E-state index is 0.197. The molecule has 0 atom stereocenters. The molecule has 288 valence electrons. The maximum absolute atomic E-state index is 2.55. The van der Waals surface area contributed by atoms with Gasteiger partial charge in [-0.2, -0.15) is 0 Å². The summed E-state index contributed by atoms with van der Waals surface area (Å²) in [6.07, 6.45) is 7.13. The Labute approximate surface area is 352 Å². The van der Waals surface area contributed by atoms with Crippen LogP contribution in [0.3, 0.4) is 0 Å². The summed E-state index contributed by atoms with van der Waals surface area (Å²) in [5, 5.41) is 2.49. The lowest BCUT2D eigenvalue weighted by Crippen LogP contribution is -2.55. The molecule has 0 aliphatic heterocycles. The first-order valence-corrected chi connectivity index (χ1v) is 22.1. The maximum Gasteiger partial charge on any atom is 0.0542 e. The Hall–Kier alpha value is -6.64. The van der Waals surface area contributed by atoms with Crippen molar-refractivity contribution in [3.63, 3.8) is 0 Å². The van der Waals surface area contributed by atoms with Crippen LogP contribution in [0.5, 0.6) is 0 Å². The zero-order valence-corrected chi connectivity index (χ0v) is 33.7. The number of hydrogen-bond donors (Lipinski definition) is 0. The second-order valence-corrected chi connectivity index (χ2v) is 18.1. The van der Waals surface area contributed by atoms with Gasteiger partial charge < -0.3 is 9.47 Å². The first-order chi connectivity index (χ1) is 29.7. The third kappa shape index (κ3) is 4.94. The Kier molecular flexibility index (Phi) is 7.52. The van der Waals surface area contributed by atoms with Gasteiger partial charge >= 0.3 is 0 Å². The number of benzene rings is 8. The van der Waals surface area contributed by atoms with Crippen LogP contribution in [-0.2, 0) is 5.41 Å². The van der Waals surface area contributed by atoms with E-state index in [1.54, 1.807) is 11.1 Å². The minimum atomic E-state index is 0.197. The van der Waals surface area contributed by atoms with Gasteiger partial charge in [0.1, 0.15) is 0 Å². The third-order valence-electron chi connectivity index (χ3n) is 15.2. The van der Waals surface area contributed by atoms with Gasteiger partial charge in [-0.15, -0.1) is 0 Å². The fraction of sp³-hybridized carbons (Fsp3) is 0.172. The molecular formula is C58H46N2. The number of rotatable bonds is 6. The highest BCUT2D eigenvalue weighted by Crippen LogP contribution is 2.69. The molecule has 0 saturated heterocycles. The van der Waals surface area contributed by atoms with Gasteiger partial charge in [0, 0.05) is 38.8 Å². The highest BCUT2D eigenvalue weighted by Gasteiger charge is 2.61. The summed E-state index contributed by atoms with van der Waals surface area (Å²) in [6.45, 7) is 0. The van der Waals surface area contributed by atoms with Crippen molar-refractivity contribution in [1.82, 2.24) is 4.57 Å². The normalized spacial score (nSPS) is 22.1. The summed E-state index contributed by atoms with van der Waals surface area (Å²) in [7, 11) is 0. The first kappa shape index (κ1) is 34.2. The number of hydrogen-bond acceptors (Lipinski definition) is 1. The summed E-state index contributed by atoms with van der Waals surface area (Å²) < 4.78 is 2.39. The number of aromatic nitrogens is 1.